The predicted octanol–water partition coefficient (Wildman–Crippen LogP) is 3.13. The van der Waals surface area contributed by atoms with Crippen molar-refractivity contribution in [1.82, 2.24) is 0 Å². The second-order valence-electron chi connectivity index (χ2n) is 1.91. The lowest BCUT2D eigenvalue weighted by molar-refractivity contribution is 0.431. The zero-order valence-corrected chi connectivity index (χ0v) is 6.95. The van der Waals surface area contributed by atoms with E-state index in [-0.39, 0.29) is 0 Å². The highest BCUT2D eigenvalue weighted by Gasteiger charge is 2.55. The summed E-state index contributed by atoms with van der Waals surface area (Å²) in [5.41, 5.74) is 0. The number of hydrogen-bond donors (Lipinski definition) is 0. The highest BCUT2D eigenvalue weighted by molar-refractivity contribution is 6.63. The molecule has 1 aliphatic carbocycles. The summed E-state index contributed by atoms with van der Waals surface area (Å²) in [6, 6.07) is 0. The van der Waals surface area contributed by atoms with Gasteiger partial charge in [0.1, 0.15) is 0 Å². The van der Waals surface area contributed by atoms with Crippen molar-refractivity contribution >= 4 is 46.4 Å². The van der Waals surface area contributed by atoms with Crippen LogP contribution in [0.4, 0.5) is 0 Å². The Morgan fingerprint density at radius 1 is 0.750 bits per heavy atom. The Labute approximate surface area is 68.0 Å². The molecular weight excluding hydrogens is 190 g/mol. The number of rotatable bonds is 0. The maximum atomic E-state index is 5.60. The van der Waals surface area contributed by atoms with Gasteiger partial charge in [0.25, 0.3) is 0 Å². The molecule has 1 aliphatic rings. The fourth-order valence-electron chi connectivity index (χ4n) is 0.503. The molecule has 4 heteroatoms. The van der Waals surface area contributed by atoms with Gasteiger partial charge < -0.3 is 0 Å². The van der Waals surface area contributed by atoms with E-state index < -0.39 is 8.67 Å². The average Bonchev–Trinajstić information content (AvgIpc) is 1.64. The Morgan fingerprint density at radius 3 is 1.00 bits per heavy atom. The molecule has 0 aromatic carbocycles. The third kappa shape index (κ3) is 0.923. The van der Waals surface area contributed by atoms with Crippen molar-refractivity contribution < 1.29 is 0 Å². The second kappa shape index (κ2) is 1.82. The SMILES string of the molecule is ClC1(Cl)CCC1(Cl)Cl. The van der Waals surface area contributed by atoms with Gasteiger partial charge in [0, 0.05) is 0 Å². The third-order valence-electron chi connectivity index (χ3n) is 1.29. The molecule has 0 spiro atoms. The highest BCUT2D eigenvalue weighted by Crippen LogP contribution is 2.57. The highest BCUT2D eigenvalue weighted by atomic mass is 35.5. The molecule has 1 rings (SSSR count). The Kier molecular flexibility index (Phi) is 1.65. The van der Waals surface area contributed by atoms with Gasteiger partial charge in [-0.15, -0.1) is 0 Å². The minimum atomic E-state index is -0.907. The van der Waals surface area contributed by atoms with Crippen molar-refractivity contribution in [2.45, 2.75) is 21.5 Å². The van der Waals surface area contributed by atoms with Gasteiger partial charge in [-0.1, -0.05) is 46.4 Å². The first-order chi connectivity index (χ1) is 3.46. The molecule has 0 aliphatic heterocycles. The fourth-order valence-corrected chi connectivity index (χ4v) is 1.26. The molecule has 48 valence electrons. The minimum absolute atomic E-state index is 0.684. The first-order valence-corrected chi connectivity index (χ1v) is 3.72. The van der Waals surface area contributed by atoms with Crippen LogP contribution in [0.3, 0.4) is 0 Å². The van der Waals surface area contributed by atoms with Gasteiger partial charge in [0.05, 0.1) is 0 Å². The van der Waals surface area contributed by atoms with Crippen molar-refractivity contribution in [1.29, 1.82) is 0 Å². The van der Waals surface area contributed by atoms with E-state index >= 15 is 0 Å². The van der Waals surface area contributed by atoms with Gasteiger partial charge in [-0.2, -0.15) is 0 Å². The summed E-state index contributed by atoms with van der Waals surface area (Å²) >= 11 is 22.4. The summed E-state index contributed by atoms with van der Waals surface area (Å²) in [6.07, 6.45) is 1.37. The second-order valence-corrected chi connectivity index (χ2v) is 4.88. The molecule has 0 amide bonds. The molecule has 0 aromatic rings. The van der Waals surface area contributed by atoms with Gasteiger partial charge in [-0.3, -0.25) is 0 Å². The summed E-state index contributed by atoms with van der Waals surface area (Å²) in [6.45, 7) is 0. The van der Waals surface area contributed by atoms with Crippen LogP contribution in [-0.2, 0) is 0 Å². The van der Waals surface area contributed by atoms with E-state index in [1.807, 2.05) is 0 Å². The lowest BCUT2D eigenvalue weighted by Gasteiger charge is -2.42. The Bertz CT molecular complexity index is 92.6. The smallest absolute Gasteiger partial charge is 0.0983 e. The van der Waals surface area contributed by atoms with Crippen LogP contribution in [0.5, 0.6) is 0 Å². The van der Waals surface area contributed by atoms with E-state index in [1.54, 1.807) is 0 Å². The normalized spacial score (nSPS) is 31.5. The number of halogens is 4. The number of alkyl halides is 4. The monoisotopic (exact) mass is 192 g/mol. The zero-order chi connectivity index (χ0) is 6.41. The van der Waals surface area contributed by atoms with Gasteiger partial charge in [0.15, 0.2) is 8.67 Å². The van der Waals surface area contributed by atoms with Crippen LogP contribution in [0.15, 0.2) is 0 Å². The summed E-state index contributed by atoms with van der Waals surface area (Å²) in [4.78, 5) is 0. The molecule has 0 N–H and O–H groups in total. The molecule has 0 saturated heterocycles. The van der Waals surface area contributed by atoms with Gasteiger partial charge in [-0.25, -0.2) is 0 Å². The average molecular weight is 194 g/mol. The minimum Gasteiger partial charge on any atom is -0.0983 e. The maximum absolute atomic E-state index is 5.60. The van der Waals surface area contributed by atoms with E-state index in [1.165, 1.54) is 0 Å². The van der Waals surface area contributed by atoms with Crippen molar-refractivity contribution in [3.8, 4) is 0 Å². The Balaban J connectivity index is 2.63. The predicted molar refractivity (Wildman–Crippen MR) is 38.1 cm³/mol. The lowest BCUT2D eigenvalue weighted by atomic mass is 9.97. The lowest BCUT2D eigenvalue weighted by Crippen LogP contribution is -2.46. The first-order valence-electron chi connectivity index (χ1n) is 2.21. The van der Waals surface area contributed by atoms with Crippen LogP contribution in [-0.4, -0.2) is 8.67 Å². The van der Waals surface area contributed by atoms with E-state index in [4.69, 9.17) is 46.4 Å². The van der Waals surface area contributed by atoms with Crippen LogP contribution >= 0.6 is 46.4 Å². The first kappa shape index (κ1) is 7.27. The van der Waals surface area contributed by atoms with Crippen molar-refractivity contribution in [2.75, 3.05) is 0 Å². The topological polar surface area (TPSA) is 0 Å². The third-order valence-corrected chi connectivity index (χ3v) is 3.72. The van der Waals surface area contributed by atoms with Gasteiger partial charge in [-0.05, 0) is 12.8 Å². The van der Waals surface area contributed by atoms with Crippen LogP contribution in [0, 0.1) is 0 Å². The molecule has 0 aromatic heterocycles. The molecule has 0 atom stereocenters. The summed E-state index contributed by atoms with van der Waals surface area (Å²) in [7, 11) is 0. The Morgan fingerprint density at radius 2 is 1.00 bits per heavy atom. The standard InChI is InChI=1S/C4H4Cl4/c5-3(6)1-2-4(3,7)8/h1-2H2. The summed E-state index contributed by atoms with van der Waals surface area (Å²) in [5, 5.41) is 0. The molecule has 0 nitrogen and oxygen atoms in total. The molecule has 0 heterocycles. The molecule has 0 unspecified atom stereocenters. The van der Waals surface area contributed by atoms with Crippen molar-refractivity contribution in [2.24, 2.45) is 0 Å². The van der Waals surface area contributed by atoms with Crippen LogP contribution < -0.4 is 0 Å². The van der Waals surface area contributed by atoms with Gasteiger partial charge in [0.2, 0.25) is 0 Å². The molecule has 8 heavy (non-hydrogen) atoms. The van der Waals surface area contributed by atoms with Crippen LogP contribution in [0.2, 0.25) is 0 Å². The fraction of sp³-hybridized carbons (Fsp3) is 1.00. The maximum Gasteiger partial charge on any atom is 0.151 e. The Hall–Kier alpha value is 1.16. The largest absolute Gasteiger partial charge is 0.151 e. The van der Waals surface area contributed by atoms with E-state index in [0.29, 0.717) is 12.8 Å². The van der Waals surface area contributed by atoms with Crippen LogP contribution in [0.1, 0.15) is 12.8 Å². The molecule has 0 radical (unpaired) electrons. The summed E-state index contributed by atoms with van der Waals surface area (Å²) in [5.74, 6) is 0. The van der Waals surface area contributed by atoms with E-state index in [0.717, 1.165) is 0 Å². The van der Waals surface area contributed by atoms with Crippen molar-refractivity contribution in [3.63, 3.8) is 0 Å². The quantitative estimate of drug-likeness (QED) is 0.519. The number of hydrogen-bond acceptors (Lipinski definition) is 0. The van der Waals surface area contributed by atoms with E-state index in [2.05, 4.69) is 0 Å². The van der Waals surface area contributed by atoms with Crippen LogP contribution in [0.25, 0.3) is 0 Å². The van der Waals surface area contributed by atoms with Gasteiger partial charge >= 0.3 is 0 Å². The van der Waals surface area contributed by atoms with Crippen molar-refractivity contribution in [3.05, 3.63) is 0 Å². The zero-order valence-electron chi connectivity index (χ0n) is 3.93. The molecule has 0 bridgehead atoms. The summed E-state index contributed by atoms with van der Waals surface area (Å²) < 4.78 is -1.81. The van der Waals surface area contributed by atoms with E-state index in [9.17, 15) is 0 Å². The molecular formula is C4H4Cl4. The molecule has 1 fully saturated rings. The molecule has 1 saturated carbocycles.